The second-order valence-electron chi connectivity index (χ2n) is 7.53. The van der Waals surface area contributed by atoms with E-state index in [1.807, 2.05) is 11.9 Å². The monoisotopic (exact) mass is 366 g/mol. The molecular formula is C21H35ClN2O. The summed E-state index contributed by atoms with van der Waals surface area (Å²) >= 11 is 0. The number of benzene rings is 1. The van der Waals surface area contributed by atoms with Crippen molar-refractivity contribution in [3.63, 3.8) is 0 Å². The van der Waals surface area contributed by atoms with Crippen LogP contribution in [-0.2, 0) is 11.2 Å². The molecule has 1 aromatic carbocycles. The lowest BCUT2D eigenvalue weighted by molar-refractivity contribution is -0.133. The summed E-state index contributed by atoms with van der Waals surface area (Å²) in [7, 11) is 1.99. The van der Waals surface area contributed by atoms with E-state index in [0.717, 1.165) is 25.9 Å². The first kappa shape index (κ1) is 22.0. The molecule has 2 atom stereocenters. The van der Waals surface area contributed by atoms with Crippen LogP contribution >= 0.6 is 12.4 Å². The fraction of sp³-hybridized carbons (Fsp3) is 0.667. The van der Waals surface area contributed by atoms with Crippen LogP contribution in [0.15, 0.2) is 24.3 Å². The molecular weight excluding hydrogens is 332 g/mol. The van der Waals surface area contributed by atoms with Gasteiger partial charge in [-0.3, -0.25) is 4.79 Å². The number of rotatable bonds is 7. The number of carbonyl (C=O) groups is 1. The maximum atomic E-state index is 12.8. The predicted molar refractivity (Wildman–Crippen MR) is 108 cm³/mol. The molecule has 1 aliphatic rings. The maximum absolute atomic E-state index is 12.8. The first-order valence-electron chi connectivity index (χ1n) is 9.53. The number of amides is 1. The molecule has 1 saturated heterocycles. The van der Waals surface area contributed by atoms with Crippen LogP contribution in [0.3, 0.4) is 0 Å². The number of piperidine rings is 1. The molecule has 1 N–H and O–H groups in total. The van der Waals surface area contributed by atoms with Gasteiger partial charge in [-0.05, 0) is 63.1 Å². The van der Waals surface area contributed by atoms with Crippen LogP contribution < -0.4 is 5.32 Å². The van der Waals surface area contributed by atoms with Gasteiger partial charge in [0.05, 0.1) is 0 Å². The SMILES string of the molecule is CCC(Cc1ccc(C)cc1)N(C)C(=O)CC(C)C1CCNCC1.Cl. The molecule has 2 unspecified atom stereocenters. The summed E-state index contributed by atoms with van der Waals surface area (Å²) < 4.78 is 0. The van der Waals surface area contributed by atoms with E-state index in [4.69, 9.17) is 0 Å². The number of likely N-dealkylation sites (N-methyl/N-ethyl adjacent to an activating group) is 1. The lowest BCUT2D eigenvalue weighted by Crippen LogP contribution is -2.40. The minimum absolute atomic E-state index is 0. The topological polar surface area (TPSA) is 32.3 Å². The van der Waals surface area contributed by atoms with E-state index in [1.54, 1.807) is 0 Å². The van der Waals surface area contributed by atoms with Gasteiger partial charge in [0, 0.05) is 19.5 Å². The molecule has 3 nitrogen and oxygen atoms in total. The summed E-state index contributed by atoms with van der Waals surface area (Å²) in [6.07, 6.45) is 5.04. The van der Waals surface area contributed by atoms with Gasteiger partial charge in [0.25, 0.3) is 0 Å². The standard InChI is InChI=1S/C21H34N2O.ClH/c1-5-20(15-18-8-6-16(2)7-9-18)23(4)21(24)14-17(3)19-10-12-22-13-11-19;/h6-9,17,19-20,22H,5,10-15H2,1-4H3;1H. The third kappa shape index (κ3) is 6.63. The molecule has 4 heteroatoms. The molecule has 1 aliphatic heterocycles. The Kier molecular flexibility index (Phi) is 9.52. The normalized spacial score (nSPS) is 17.4. The summed E-state index contributed by atoms with van der Waals surface area (Å²) in [6.45, 7) is 8.74. The smallest absolute Gasteiger partial charge is 0.222 e. The number of halogens is 1. The molecule has 1 aromatic rings. The number of nitrogens with zero attached hydrogens (tertiary/aromatic N) is 1. The van der Waals surface area contributed by atoms with E-state index in [1.165, 1.54) is 24.0 Å². The Morgan fingerprint density at radius 2 is 1.84 bits per heavy atom. The third-order valence-electron chi connectivity index (χ3n) is 5.69. The zero-order valence-electron chi connectivity index (χ0n) is 16.3. The van der Waals surface area contributed by atoms with Crippen LogP contribution in [0.25, 0.3) is 0 Å². The van der Waals surface area contributed by atoms with Gasteiger partial charge in [-0.15, -0.1) is 12.4 Å². The van der Waals surface area contributed by atoms with Crippen molar-refractivity contribution >= 4 is 18.3 Å². The molecule has 1 heterocycles. The van der Waals surface area contributed by atoms with E-state index in [9.17, 15) is 4.79 Å². The zero-order chi connectivity index (χ0) is 17.5. The van der Waals surface area contributed by atoms with Crippen molar-refractivity contribution in [1.82, 2.24) is 10.2 Å². The Labute approximate surface area is 160 Å². The Hall–Kier alpha value is -1.06. The number of nitrogens with one attached hydrogen (secondary N) is 1. The molecule has 142 valence electrons. The van der Waals surface area contributed by atoms with Crippen molar-refractivity contribution in [2.75, 3.05) is 20.1 Å². The van der Waals surface area contributed by atoms with Crippen molar-refractivity contribution in [2.45, 2.75) is 58.9 Å². The first-order valence-corrected chi connectivity index (χ1v) is 9.53. The Balaban J connectivity index is 0.00000312. The summed E-state index contributed by atoms with van der Waals surface area (Å²) in [5.74, 6) is 1.49. The lowest BCUT2D eigenvalue weighted by atomic mass is 9.84. The second kappa shape index (κ2) is 10.8. The minimum atomic E-state index is 0. The Morgan fingerprint density at radius 3 is 2.40 bits per heavy atom. The van der Waals surface area contributed by atoms with Gasteiger partial charge in [-0.2, -0.15) is 0 Å². The van der Waals surface area contributed by atoms with Gasteiger partial charge in [-0.25, -0.2) is 0 Å². The molecule has 0 saturated carbocycles. The van der Waals surface area contributed by atoms with Gasteiger partial charge in [-0.1, -0.05) is 43.7 Å². The van der Waals surface area contributed by atoms with E-state index in [0.29, 0.717) is 30.2 Å². The van der Waals surface area contributed by atoms with Crippen LogP contribution in [0.4, 0.5) is 0 Å². The van der Waals surface area contributed by atoms with Crippen LogP contribution in [-0.4, -0.2) is 37.0 Å². The molecule has 0 aliphatic carbocycles. The predicted octanol–water partition coefficient (Wildman–Crippen LogP) is 4.22. The molecule has 0 radical (unpaired) electrons. The summed E-state index contributed by atoms with van der Waals surface area (Å²) in [4.78, 5) is 14.7. The quantitative estimate of drug-likeness (QED) is 0.783. The number of aryl methyl sites for hydroxylation is 1. The second-order valence-corrected chi connectivity index (χ2v) is 7.53. The number of hydrogen-bond acceptors (Lipinski definition) is 2. The third-order valence-corrected chi connectivity index (χ3v) is 5.69. The van der Waals surface area contributed by atoms with Gasteiger partial charge in [0.15, 0.2) is 0 Å². The average molecular weight is 367 g/mol. The van der Waals surface area contributed by atoms with E-state index < -0.39 is 0 Å². The van der Waals surface area contributed by atoms with E-state index in [2.05, 4.69) is 50.4 Å². The van der Waals surface area contributed by atoms with Gasteiger partial charge in [0.2, 0.25) is 5.91 Å². The highest BCUT2D eigenvalue weighted by Gasteiger charge is 2.25. The molecule has 0 spiro atoms. The summed E-state index contributed by atoms with van der Waals surface area (Å²) in [5.41, 5.74) is 2.60. The van der Waals surface area contributed by atoms with E-state index >= 15 is 0 Å². The van der Waals surface area contributed by atoms with Gasteiger partial charge < -0.3 is 10.2 Å². The molecule has 2 rings (SSSR count). The Bertz CT molecular complexity index is 511. The highest BCUT2D eigenvalue weighted by Crippen LogP contribution is 2.25. The maximum Gasteiger partial charge on any atom is 0.222 e. The minimum Gasteiger partial charge on any atom is -0.342 e. The van der Waals surface area contributed by atoms with Gasteiger partial charge >= 0.3 is 0 Å². The number of hydrogen-bond donors (Lipinski definition) is 1. The van der Waals surface area contributed by atoms with Crippen LogP contribution in [0.5, 0.6) is 0 Å². The van der Waals surface area contributed by atoms with Crippen LogP contribution in [0.2, 0.25) is 0 Å². The highest BCUT2D eigenvalue weighted by molar-refractivity contribution is 5.85. The van der Waals surface area contributed by atoms with Crippen LogP contribution in [0, 0.1) is 18.8 Å². The summed E-state index contributed by atoms with van der Waals surface area (Å²) in [6, 6.07) is 8.98. The highest BCUT2D eigenvalue weighted by atomic mass is 35.5. The van der Waals surface area contributed by atoms with Crippen molar-refractivity contribution in [2.24, 2.45) is 11.8 Å². The van der Waals surface area contributed by atoms with Crippen molar-refractivity contribution in [1.29, 1.82) is 0 Å². The molecule has 0 aromatic heterocycles. The molecule has 25 heavy (non-hydrogen) atoms. The van der Waals surface area contributed by atoms with Crippen molar-refractivity contribution < 1.29 is 4.79 Å². The van der Waals surface area contributed by atoms with Crippen molar-refractivity contribution in [3.05, 3.63) is 35.4 Å². The van der Waals surface area contributed by atoms with E-state index in [-0.39, 0.29) is 12.4 Å². The largest absolute Gasteiger partial charge is 0.342 e. The van der Waals surface area contributed by atoms with Gasteiger partial charge in [0.1, 0.15) is 0 Å². The first-order chi connectivity index (χ1) is 11.5. The zero-order valence-corrected chi connectivity index (χ0v) is 17.1. The molecule has 0 bridgehead atoms. The fourth-order valence-electron chi connectivity index (χ4n) is 3.75. The Morgan fingerprint density at radius 1 is 1.24 bits per heavy atom. The average Bonchev–Trinajstić information content (AvgIpc) is 2.61. The number of carbonyl (C=O) groups excluding carboxylic acids is 1. The van der Waals surface area contributed by atoms with Crippen LogP contribution in [0.1, 0.15) is 50.7 Å². The lowest BCUT2D eigenvalue weighted by Gasteiger charge is -2.32. The fourth-order valence-corrected chi connectivity index (χ4v) is 3.75. The molecule has 1 amide bonds. The molecule has 1 fully saturated rings. The van der Waals surface area contributed by atoms with Crippen molar-refractivity contribution in [3.8, 4) is 0 Å². The summed E-state index contributed by atoms with van der Waals surface area (Å²) in [5, 5.41) is 3.41.